The molecule has 2 heterocycles. The Kier molecular flexibility index (Phi) is 3.66. The minimum atomic E-state index is -0.389. The van der Waals surface area contributed by atoms with Crippen LogP contribution in [0.3, 0.4) is 0 Å². The number of pyridine rings is 1. The second-order valence-corrected chi connectivity index (χ2v) is 5.54. The fourth-order valence-electron chi connectivity index (χ4n) is 2.87. The predicted octanol–water partition coefficient (Wildman–Crippen LogP) is 2.60. The van der Waals surface area contributed by atoms with Crippen molar-refractivity contribution < 1.29 is 14.3 Å². The summed E-state index contributed by atoms with van der Waals surface area (Å²) in [7, 11) is 1.67. The lowest BCUT2D eigenvalue weighted by Crippen LogP contribution is -2.31. The molecule has 1 aliphatic rings. The van der Waals surface area contributed by atoms with Crippen LogP contribution in [0.25, 0.3) is 11.1 Å². The third-order valence-electron chi connectivity index (χ3n) is 4.29. The van der Waals surface area contributed by atoms with Gasteiger partial charge in [0.25, 0.3) is 0 Å². The van der Waals surface area contributed by atoms with Crippen LogP contribution >= 0.6 is 0 Å². The number of carbonyl (C=O) groups is 1. The zero-order valence-corrected chi connectivity index (χ0v) is 12.6. The number of aliphatic hydroxyl groups excluding tert-OH is 1. The van der Waals surface area contributed by atoms with Crippen molar-refractivity contribution in [2.45, 2.75) is 26.4 Å². The molecule has 0 fully saturated rings. The van der Waals surface area contributed by atoms with Crippen molar-refractivity contribution in [3.8, 4) is 11.1 Å². The highest BCUT2D eigenvalue weighted by Gasteiger charge is 2.23. The van der Waals surface area contributed by atoms with Gasteiger partial charge in [-0.05, 0) is 42.2 Å². The van der Waals surface area contributed by atoms with E-state index in [1.54, 1.807) is 25.5 Å². The van der Waals surface area contributed by atoms with Crippen molar-refractivity contribution >= 4 is 11.6 Å². The van der Waals surface area contributed by atoms with Crippen molar-refractivity contribution in [3.05, 3.63) is 47.0 Å². The lowest BCUT2D eigenvalue weighted by atomic mass is 9.93. The number of halogens is 1. The molecule has 22 heavy (non-hydrogen) atoms. The van der Waals surface area contributed by atoms with E-state index in [4.69, 9.17) is 0 Å². The van der Waals surface area contributed by atoms with Crippen LogP contribution in [0.2, 0.25) is 0 Å². The van der Waals surface area contributed by atoms with Gasteiger partial charge in [0.05, 0.1) is 6.61 Å². The largest absolute Gasteiger partial charge is 0.392 e. The van der Waals surface area contributed by atoms with Crippen molar-refractivity contribution in [2.24, 2.45) is 0 Å². The molecule has 5 heteroatoms. The smallest absolute Gasteiger partial charge is 0.227 e. The molecule has 0 spiro atoms. The predicted molar refractivity (Wildman–Crippen MR) is 82.0 cm³/mol. The number of rotatable bonds is 2. The van der Waals surface area contributed by atoms with Crippen LogP contribution in [0, 0.1) is 12.7 Å². The van der Waals surface area contributed by atoms with E-state index in [1.807, 2.05) is 6.92 Å². The second-order valence-electron chi connectivity index (χ2n) is 5.54. The molecule has 3 rings (SSSR count). The number of aromatic nitrogens is 1. The van der Waals surface area contributed by atoms with E-state index in [0.29, 0.717) is 35.2 Å². The summed E-state index contributed by atoms with van der Waals surface area (Å²) < 4.78 is 14.6. The van der Waals surface area contributed by atoms with E-state index in [2.05, 4.69) is 4.98 Å². The molecule has 0 unspecified atom stereocenters. The molecule has 1 aliphatic heterocycles. The highest BCUT2D eigenvalue weighted by Crippen LogP contribution is 2.35. The number of fused-ring (bicyclic) bond motifs is 1. The summed E-state index contributed by atoms with van der Waals surface area (Å²) in [5.74, 6) is -0.389. The Morgan fingerprint density at radius 2 is 2.05 bits per heavy atom. The summed E-state index contributed by atoms with van der Waals surface area (Å²) in [5.41, 5.74) is 4.21. The molecule has 1 aromatic heterocycles. The van der Waals surface area contributed by atoms with E-state index in [9.17, 15) is 14.3 Å². The van der Waals surface area contributed by atoms with E-state index in [0.717, 1.165) is 11.1 Å². The Morgan fingerprint density at radius 3 is 2.77 bits per heavy atom. The fraction of sp³-hybridized carbons (Fsp3) is 0.294. The zero-order valence-electron chi connectivity index (χ0n) is 12.6. The molecular formula is C17H17FN2O2. The van der Waals surface area contributed by atoms with Gasteiger partial charge in [0.1, 0.15) is 5.82 Å². The zero-order chi connectivity index (χ0) is 15.9. The van der Waals surface area contributed by atoms with Crippen molar-refractivity contribution in [2.75, 3.05) is 11.9 Å². The van der Waals surface area contributed by atoms with Crippen molar-refractivity contribution in [3.63, 3.8) is 0 Å². The third kappa shape index (κ3) is 2.27. The van der Waals surface area contributed by atoms with Crippen LogP contribution in [0.1, 0.15) is 23.1 Å². The number of aliphatic hydroxyl groups is 1. The van der Waals surface area contributed by atoms with Crippen molar-refractivity contribution in [1.29, 1.82) is 0 Å². The normalized spacial score (nSPS) is 14.2. The lowest BCUT2D eigenvalue weighted by Gasteiger charge is -2.26. The first-order valence-electron chi connectivity index (χ1n) is 7.16. The first-order valence-corrected chi connectivity index (χ1v) is 7.16. The Bertz CT molecular complexity index is 759. The first-order chi connectivity index (χ1) is 10.5. The topological polar surface area (TPSA) is 53.4 Å². The highest BCUT2D eigenvalue weighted by atomic mass is 19.1. The Labute approximate surface area is 128 Å². The number of carbonyl (C=O) groups excluding carboxylic acids is 1. The number of anilines is 1. The quantitative estimate of drug-likeness (QED) is 0.927. The van der Waals surface area contributed by atoms with Crippen LogP contribution in [0.4, 0.5) is 10.1 Å². The highest BCUT2D eigenvalue weighted by molar-refractivity contribution is 5.96. The number of hydrogen-bond donors (Lipinski definition) is 1. The lowest BCUT2D eigenvalue weighted by molar-refractivity contribution is -0.118. The Hall–Kier alpha value is -2.27. The maximum absolute atomic E-state index is 14.6. The van der Waals surface area contributed by atoms with Gasteiger partial charge in [0.2, 0.25) is 5.91 Å². The molecule has 1 N–H and O–H groups in total. The molecule has 4 nitrogen and oxygen atoms in total. The molecule has 0 saturated carbocycles. The summed E-state index contributed by atoms with van der Waals surface area (Å²) in [6.45, 7) is 1.72. The summed E-state index contributed by atoms with van der Waals surface area (Å²) in [6, 6.07) is 3.20. The van der Waals surface area contributed by atoms with Gasteiger partial charge in [-0.1, -0.05) is 0 Å². The van der Waals surface area contributed by atoms with Crippen LogP contribution in [0.5, 0.6) is 0 Å². The average molecular weight is 300 g/mol. The van der Waals surface area contributed by atoms with Gasteiger partial charge < -0.3 is 10.0 Å². The number of aryl methyl sites for hydroxylation is 1. The fourth-order valence-corrected chi connectivity index (χ4v) is 2.87. The van der Waals surface area contributed by atoms with Gasteiger partial charge in [-0.15, -0.1) is 0 Å². The second kappa shape index (κ2) is 5.50. The van der Waals surface area contributed by atoms with Gasteiger partial charge in [-0.3, -0.25) is 9.78 Å². The monoisotopic (exact) mass is 300 g/mol. The molecule has 0 aliphatic carbocycles. The Balaban J connectivity index is 2.16. The maximum Gasteiger partial charge on any atom is 0.227 e. The number of hydrogen-bond acceptors (Lipinski definition) is 3. The van der Waals surface area contributed by atoms with Crippen LogP contribution < -0.4 is 4.90 Å². The standard InChI is InChI=1S/C17H17FN2O2/c1-10-12(9-21)7-19-8-14(10)13-5-11-3-4-17(22)20(2)16(11)6-15(13)18/h5-8,21H,3-4,9H2,1-2H3. The molecule has 0 saturated heterocycles. The van der Waals surface area contributed by atoms with E-state index >= 15 is 0 Å². The van der Waals surface area contributed by atoms with Gasteiger partial charge in [0.15, 0.2) is 0 Å². The molecule has 2 aromatic rings. The van der Waals surface area contributed by atoms with E-state index in [1.165, 1.54) is 11.0 Å². The molecule has 114 valence electrons. The molecule has 1 aromatic carbocycles. The number of benzene rings is 1. The third-order valence-corrected chi connectivity index (χ3v) is 4.29. The minimum Gasteiger partial charge on any atom is -0.392 e. The van der Waals surface area contributed by atoms with Gasteiger partial charge in [-0.25, -0.2) is 4.39 Å². The van der Waals surface area contributed by atoms with Gasteiger partial charge >= 0.3 is 0 Å². The summed E-state index contributed by atoms with van der Waals surface area (Å²) in [5, 5.41) is 9.34. The van der Waals surface area contributed by atoms with Gasteiger partial charge in [-0.2, -0.15) is 0 Å². The summed E-state index contributed by atoms with van der Waals surface area (Å²) >= 11 is 0. The summed E-state index contributed by atoms with van der Waals surface area (Å²) in [6.07, 6.45) is 4.24. The molecular weight excluding hydrogens is 283 g/mol. The van der Waals surface area contributed by atoms with Crippen LogP contribution in [-0.4, -0.2) is 23.0 Å². The molecule has 0 atom stereocenters. The first kappa shape index (κ1) is 14.7. The maximum atomic E-state index is 14.6. The SMILES string of the molecule is Cc1c(CO)cncc1-c1cc2c(cc1F)N(C)C(=O)CC2. The minimum absolute atomic E-state index is 0.000208. The van der Waals surface area contributed by atoms with E-state index < -0.39 is 0 Å². The summed E-state index contributed by atoms with van der Waals surface area (Å²) in [4.78, 5) is 17.3. The van der Waals surface area contributed by atoms with E-state index in [-0.39, 0.29) is 18.3 Å². The number of nitrogens with zero attached hydrogens (tertiary/aromatic N) is 2. The van der Waals surface area contributed by atoms with Crippen LogP contribution in [0.15, 0.2) is 24.5 Å². The average Bonchev–Trinajstić information content (AvgIpc) is 2.52. The molecule has 0 radical (unpaired) electrons. The van der Waals surface area contributed by atoms with Crippen LogP contribution in [-0.2, 0) is 17.8 Å². The van der Waals surface area contributed by atoms with Crippen molar-refractivity contribution in [1.82, 2.24) is 4.98 Å². The molecule has 1 amide bonds. The van der Waals surface area contributed by atoms with Gasteiger partial charge in [0, 0.05) is 42.7 Å². The number of amides is 1. The molecule has 0 bridgehead atoms. The Morgan fingerprint density at radius 1 is 1.27 bits per heavy atom.